The van der Waals surface area contributed by atoms with Crippen molar-refractivity contribution in [1.82, 2.24) is 14.5 Å². The number of rotatable bonds is 2. The van der Waals surface area contributed by atoms with Gasteiger partial charge in [-0.3, -0.25) is 4.98 Å². The Morgan fingerprint density at radius 1 is 0.955 bits per heavy atom. The van der Waals surface area contributed by atoms with Crippen LogP contribution in [0.4, 0.5) is 0 Å². The molecule has 4 rings (SSSR count). The van der Waals surface area contributed by atoms with Crippen LogP contribution in [0, 0.1) is 0 Å². The average Bonchev–Trinajstić information content (AvgIpc) is 3.07. The van der Waals surface area contributed by atoms with Crippen molar-refractivity contribution in [2.75, 3.05) is 0 Å². The molecule has 1 aliphatic heterocycles. The Labute approximate surface area is 127 Å². The first-order valence-corrected chi connectivity index (χ1v) is 7.18. The van der Waals surface area contributed by atoms with Crippen LogP contribution >= 0.6 is 0 Å². The van der Waals surface area contributed by atoms with Crippen LogP contribution in [-0.2, 0) is 12.3 Å². The molecule has 2 N–H and O–H groups in total. The Balaban J connectivity index is 2.00. The fourth-order valence-corrected chi connectivity index (χ4v) is 2.96. The second kappa shape index (κ2) is 4.76. The molecule has 0 saturated heterocycles. The Bertz CT molecular complexity index is 811. The van der Waals surface area contributed by atoms with Gasteiger partial charge in [-0.05, 0) is 12.1 Å². The summed E-state index contributed by atoms with van der Waals surface area (Å²) in [5.41, 5.74) is 3.57. The lowest BCUT2D eigenvalue weighted by molar-refractivity contribution is -0.169. The van der Waals surface area contributed by atoms with Gasteiger partial charge < -0.3 is 14.8 Å². The lowest BCUT2D eigenvalue weighted by Crippen LogP contribution is -2.22. The molecule has 0 saturated carbocycles. The second-order valence-electron chi connectivity index (χ2n) is 5.45. The van der Waals surface area contributed by atoms with Crippen LogP contribution in [0.25, 0.3) is 22.5 Å². The molecule has 0 aliphatic carbocycles. The summed E-state index contributed by atoms with van der Waals surface area (Å²) in [6, 6.07) is 13.6. The van der Waals surface area contributed by atoms with E-state index in [-0.39, 0.29) is 6.42 Å². The van der Waals surface area contributed by atoms with E-state index in [0.29, 0.717) is 12.4 Å². The monoisotopic (exact) mass is 293 g/mol. The van der Waals surface area contributed by atoms with Gasteiger partial charge in [-0.1, -0.05) is 30.3 Å². The molecule has 0 spiro atoms. The quantitative estimate of drug-likeness (QED) is 0.710. The van der Waals surface area contributed by atoms with Gasteiger partial charge in [0.25, 0.3) is 0 Å². The number of hydrogen-bond donors (Lipinski definition) is 2. The zero-order valence-corrected chi connectivity index (χ0v) is 11.8. The third-order valence-corrected chi connectivity index (χ3v) is 4.01. The normalized spacial score (nSPS) is 15.7. The van der Waals surface area contributed by atoms with E-state index in [0.717, 1.165) is 22.5 Å². The Hall–Kier alpha value is -2.50. The summed E-state index contributed by atoms with van der Waals surface area (Å²) in [5.74, 6) is -1.56. The smallest absolute Gasteiger partial charge is 0.225 e. The lowest BCUT2D eigenvalue weighted by atomic mass is 10.1. The van der Waals surface area contributed by atoms with Crippen LogP contribution in [0.2, 0.25) is 0 Å². The van der Waals surface area contributed by atoms with E-state index in [1.165, 1.54) is 0 Å². The summed E-state index contributed by atoms with van der Waals surface area (Å²) in [5, 5.41) is 20.3. The maximum Gasteiger partial charge on any atom is 0.225 e. The van der Waals surface area contributed by atoms with Gasteiger partial charge in [0.1, 0.15) is 0 Å². The molecule has 3 aromatic rings. The highest BCUT2D eigenvalue weighted by Gasteiger charge is 2.40. The molecule has 0 fully saturated rings. The summed E-state index contributed by atoms with van der Waals surface area (Å²) in [7, 11) is 0. The molecule has 0 bridgehead atoms. The van der Waals surface area contributed by atoms with E-state index in [9.17, 15) is 10.2 Å². The molecule has 5 heteroatoms. The molecule has 5 nitrogen and oxygen atoms in total. The van der Waals surface area contributed by atoms with Crippen molar-refractivity contribution in [1.29, 1.82) is 0 Å². The van der Waals surface area contributed by atoms with E-state index in [1.807, 2.05) is 47.0 Å². The predicted octanol–water partition coefficient (Wildman–Crippen LogP) is 2.15. The summed E-state index contributed by atoms with van der Waals surface area (Å²) in [6.07, 6.45) is 3.71. The Kier molecular flexibility index (Phi) is 2.85. The van der Waals surface area contributed by atoms with Crippen LogP contribution in [-0.4, -0.2) is 24.7 Å². The number of imidazole rings is 1. The molecule has 0 radical (unpaired) electrons. The predicted molar refractivity (Wildman–Crippen MR) is 81.6 cm³/mol. The van der Waals surface area contributed by atoms with Crippen molar-refractivity contribution in [2.24, 2.45) is 0 Å². The fourth-order valence-electron chi connectivity index (χ4n) is 2.96. The van der Waals surface area contributed by atoms with E-state index < -0.39 is 5.79 Å². The van der Waals surface area contributed by atoms with Crippen molar-refractivity contribution in [3.63, 3.8) is 0 Å². The van der Waals surface area contributed by atoms with E-state index in [4.69, 9.17) is 0 Å². The maximum atomic E-state index is 10.1. The molecule has 1 aromatic carbocycles. The lowest BCUT2D eigenvalue weighted by Gasteiger charge is -2.11. The third kappa shape index (κ3) is 1.94. The summed E-state index contributed by atoms with van der Waals surface area (Å²) >= 11 is 0. The zero-order valence-electron chi connectivity index (χ0n) is 11.8. The highest BCUT2D eigenvalue weighted by molar-refractivity contribution is 5.79. The number of pyridine rings is 1. The molecule has 110 valence electrons. The highest BCUT2D eigenvalue weighted by Crippen LogP contribution is 2.39. The molecule has 22 heavy (non-hydrogen) atoms. The molecular formula is C17H15N3O2. The van der Waals surface area contributed by atoms with Crippen LogP contribution in [0.5, 0.6) is 0 Å². The van der Waals surface area contributed by atoms with Gasteiger partial charge in [0.05, 0.1) is 11.4 Å². The van der Waals surface area contributed by atoms with Crippen molar-refractivity contribution >= 4 is 0 Å². The van der Waals surface area contributed by atoms with Crippen molar-refractivity contribution in [3.05, 3.63) is 60.7 Å². The van der Waals surface area contributed by atoms with Crippen molar-refractivity contribution in [2.45, 2.75) is 18.8 Å². The minimum Gasteiger partial charge on any atom is -0.360 e. The highest BCUT2D eigenvalue weighted by atomic mass is 16.5. The number of benzene rings is 1. The van der Waals surface area contributed by atoms with E-state index in [2.05, 4.69) is 9.97 Å². The first-order chi connectivity index (χ1) is 10.7. The van der Waals surface area contributed by atoms with Gasteiger partial charge in [0.15, 0.2) is 5.82 Å². The standard InChI is InChI=1S/C17H15N3O2/c21-17(22)8-11-20-15(13-6-9-18-10-7-13)14(19-16(17)20)12-4-2-1-3-5-12/h1-7,9-10,21-22H,8,11H2. The first-order valence-electron chi connectivity index (χ1n) is 7.18. The van der Waals surface area contributed by atoms with Gasteiger partial charge in [0.2, 0.25) is 5.79 Å². The summed E-state index contributed by atoms with van der Waals surface area (Å²) in [6.45, 7) is 0.528. The second-order valence-corrected chi connectivity index (χ2v) is 5.45. The number of fused-ring (bicyclic) bond motifs is 1. The number of aliphatic hydroxyl groups is 2. The molecule has 0 amide bonds. The molecule has 0 atom stereocenters. The number of aromatic nitrogens is 3. The van der Waals surface area contributed by atoms with Gasteiger partial charge in [-0.2, -0.15) is 0 Å². The van der Waals surface area contributed by atoms with Crippen LogP contribution in [0.15, 0.2) is 54.9 Å². The minimum atomic E-state index is -1.87. The van der Waals surface area contributed by atoms with Gasteiger partial charge in [-0.15, -0.1) is 0 Å². The topological polar surface area (TPSA) is 71.2 Å². The van der Waals surface area contributed by atoms with Gasteiger partial charge in [-0.25, -0.2) is 4.98 Å². The maximum absolute atomic E-state index is 10.1. The largest absolute Gasteiger partial charge is 0.360 e. The minimum absolute atomic E-state index is 0.252. The number of nitrogens with zero attached hydrogens (tertiary/aromatic N) is 3. The van der Waals surface area contributed by atoms with Crippen molar-refractivity contribution < 1.29 is 10.2 Å². The van der Waals surface area contributed by atoms with Crippen LogP contribution in [0.3, 0.4) is 0 Å². The Morgan fingerprint density at radius 3 is 2.41 bits per heavy atom. The van der Waals surface area contributed by atoms with E-state index in [1.54, 1.807) is 12.4 Å². The zero-order chi connectivity index (χ0) is 15.2. The van der Waals surface area contributed by atoms with E-state index >= 15 is 0 Å². The molecule has 1 aliphatic rings. The first kappa shape index (κ1) is 13.2. The number of hydrogen-bond acceptors (Lipinski definition) is 4. The molecule has 2 aromatic heterocycles. The average molecular weight is 293 g/mol. The fraction of sp³-hybridized carbons (Fsp3) is 0.176. The van der Waals surface area contributed by atoms with Gasteiger partial charge in [0, 0.05) is 36.5 Å². The molecule has 3 heterocycles. The summed E-state index contributed by atoms with van der Waals surface area (Å²) in [4.78, 5) is 8.58. The summed E-state index contributed by atoms with van der Waals surface area (Å²) < 4.78 is 1.89. The van der Waals surface area contributed by atoms with Crippen molar-refractivity contribution in [3.8, 4) is 22.5 Å². The SMILES string of the molecule is OC1(O)CCn2c1nc(-c1ccccc1)c2-c1ccncc1. The Morgan fingerprint density at radius 2 is 1.68 bits per heavy atom. The van der Waals surface area contributed by atoms with Gasteiger partial charge >= 0.3 is 0 Å². The third-order valence-electron chi connectivity index (χ3n) is 4.01. The van der Waals surface area contributed by atoms with Crippen LogP contribution in [0.1, 0.15) is 12.2 Å². The van der Waals surface area contributed by atoms with Crippen LogP contribution < -0.4 is 0 Å². The molecular weight excluding hydrogens is 278 g/mol. The molecule has 0 unspecified atom stereocenters.